The Labute approximate surface area is 136 Å². The van der Waals surface area contributed by atoms with Gasteiger partial charge in [-0.2, -0.15) is 0 Å². The molecule has 1 N–H and O–H groups in total. The fourth-order valence-electron chi connectivity index (χ4n) is 3.91. The van der Waals surface area contributed by atoms with Crippen molar-refractivity contribution < 1.29 is 14.6 Å². The van der Waals surface area contributed by atoms with Gasteiger partial charge in [-0.25, -0.2) is 0 Å². The van der Waals surface area contributed by atoms with Gasteiger partial charge in [0.05, 0.1) is 6.10 Å². The van der Waals surface area contributed by atoms with Gasteiger partial charge >= 0.3 is 0 Å². The number of hydrogen-bond acceptors (Lipinski definition) is 3. The lowest BCUT2D eigenvalue weighted by molar-refractivity contribution is -0.251. The van der Waals surface area contributed by atoms with E-state index in [9.17, 15) is 5.11 Å². The second kappa shape index (κ2) is 8.28. The molecule has 0 saturated heterocycles. The Bertz CT molecular complexity index is 382. The molecule has 1 unspecified atom stereocenters. The van der Waals surface area contributed by atoms with Gasteiger partial charge in [-0.3, -0.25) is 0 Å². The van der Waals surface area contributed by atoms with Crippen molar-refractivity contribution in [1.82, 2.24) is 0 Å². The molecule has 0 amide bonds. The predicted molar refractivity (Wildman–Crippen MR) is 91.5 cm³/mol. The smallest absolute Gasteiger partial charge is 0.168 e. The SMILES string of the molecule is C=CCC(O)C[C@H]1C(C)=CC[C@H](C(C)C)[C@H]1C(C)(OC)OC. The third kappa shape index (κ3) is 4.21. The summed E-state index contributed by atoms with van der Waals surface area (Å²) in [6.45, 7) is 12.4. The molecule has 0 aromatic heterocycles. The fourth-order valence-corrected chi connectivity index (χ4v) is 3.91. The number of methoxy groups -OCH3 is 2. The summed E-state index contributed by atoms with van der Waals surface area (Å²) in [7, 11) is 3.43. The zero-order chi connectivity index (χ0) is 16.9. The minimum Gasteiger partial charge on any atom is -0.393 e. The van der Waals surface area contributed by atoms with Crippen LogP contribution < -0.4 is 0 Å². The molecule has 4 atom stereocenters. The van der Waals surface area contributed by atoms with Crippen LogP contribution in [0.4, 0.5) is 0 Å². The standard InChI is InChI=1S/C19H34O3/c1-8-9-15(20)12-17-14(4)10-11-16(13(2)3)18(17)19(5,21-6)22-7/h8,10,13,15-18,20H,1,9,11-12H2,2-7H3/t15?,16-,17+,18-/m1/s1. The van der Waals surface area contributed by atoms with Gasteiger partial charge in [0.2, 0.25) is 0 Å². The lowest BCUT2D eigenvalue weighted by Crippen LogP contribution is -2.50. The summed E-state index contributed by atoms with van der Waals surface area (Å²) in [5.41, 5.74) is 1.34. The molecule has 0 bridgehead atoms. The Balaban J connectivity index is 3.17. The second-order valence-corrected chi connectivity index (χ2v) is 7.06. The van der Waals surface area contributed by atoms with Crippen LogP contribution in [-0.2, 0) is 9.47 Å². The van der Waals surface area contributed by atoms with Crippen LogP contribution in [0.3, 0.4) is 0 Å². The van der Waals surface area contributed by atoms with Gasteiger partial charge in [0.1, 0.15) is 0 Å². The fraction of sp³-hybridized carbons (Fsp3) is 0.789. The maximum Gasteiger partial charge on any atom is 0.168 e. The van der Waals surface area contributed by atoms with Gasteiger partial charge in [0.15, 0.2) is 5.79 Å². The lowest BCUT2D eigenvalue weighted by Gasteiger charge is -2.48. The monoisotopic (exact) mass is 310 g/mol. The highest BCUT2D eigenvalue weighted by Crippen LogP contribution is 2.47. The van der Waals surface area contributed by atoms with E-state index >= 15 is 0 Å². The third-order valence-electron chi connectivity index (χ3n) is 5.43. The zero-order valence-corrected chi connectivity index (χ0v) is 15.1. The summed E-state index contributed by atoms with van der Waals surface area (Å²) >= 11 is 0. The van der Waals surface area contributed by atoms with Gasteiger partial charge < -0.3 is 14.6 Å². The second-order valence-electron chi connectivity index (χ2n) is 7.06. The number of aliphatic hydroxyl groups is 1. The molecule has 0 fully saturated rings. The van der Waals surface area contributed by atoms with Crippen molar-refractivity contribution >= 4 is 0 Å². The van der Waals surface area contributed by atoms with Crippen molar-refractivity contribution in [3.05, 3.63) is 24.3 Å². The molecule has 0 aliphatic heterocycles. The number of aliphatic hydroxyl groups excluding tert-OH is 1. The van der Waals surface area contributed by atoms with Crippen LogP contribution in [-0.4, -0.2) is 31.2 Å². The Morgan fingerprint density at radius 3 is 2.45 bits per heavy atom. The largest absolute Gasteiger partial charge is 0.393 e. The average molecular weight is 310 g/mol. The minimum atomic E-state index is -0.636. The van der Waals surface area contributed by atoms with E-state index in [1.165, 1.54) is 5.57 Å². The Kier molecular flexibility index (Phi) is 7.30. The van der Waals surface area contributed by atoms with Crippen molar-refractivity contribution in [3.63, 3.8) is 0 Å². The number of hydrogen-bond donors (Lipinski definition) is 1. The van der Waals surface area contributed by atoms with E-state index in [2.05, 4.69) is 33.4 Å². The molecule has 0 spiro atoms. The first-order chi connectivity index (χ1) is 10.3. The predicted octanol–water partition coefficient (Wildman–Crippen LogP) is 4.18. The summed E-state index contributed by atoms with van der Waals surface area (Å²) in [5, 5.41) is 10.3. The normalized spacial score (nSPS) is 27.6. The molecule has 0 saturated carbocycles. The summed E-state index contributed by atoms with van der Waals surface area (Å²) in [6.07, 6.45) is 6.15. The molecule has 0 heterocycles. The van der Waals surface area contributed by atoms with Crippen molar-refractivity contribution in [1.29, 1.82) is 0 Å². The molecule has 128 valence electrons. The zero-order valence-electron chi connectivity index (χ0n) is 15.1. The Hall–Kier alpha value is -0.640. The first kappa shape index (κ1) is 19.4. The topological polar surface area (TPSA) is 38.7 Å². The van der Waals surface area contributed by atoms with Gasteiger partial charge in [-0.15, -0.1) is 6.58 Å². The minimum absolute atomic E-state index is 0.229. The quantitative estimate of drug-likeness (QED) is 0.540. The van der Waals surface area contributed by atoms with Crippen LogP contribution in [0.5, 0.6) is 0 Å². The van der Waals surface area contributed by atoms with Crippen LogP contribution in [0.15, 0.2) is 24.3 Å². The van der Waals surface area contributed by atoms with E-state index in [4.69, 9.17) is 9.47 Å². The van der Waals surface area contributed by atoms with E-state index in [1.54, 1.807) is 20.3 Å². The molecule has 3 heteroatoms. The van der Waals surface area contributed by atoms with Crippen LogP contribution in [0.25, 0.3) is 0 Å². The van der Waals surface area contributed by atoms with Crippen LogP contribution in [0.2, 0.25) is 0 Å². The van der Waals surface area contributed by atoms with E-state index < -0.39 is 5.79 Å². The van der Waals surface area contributed by atoms with Crippen molar-refractivity contribution in [2.45, 2.75) is 58.8 Å². The van der Waals surface area contributed by atoms with Gasteiger partial charge in [0.25, 0.3) is 0 Å². The Morgan fingerprint density at radius 1 is 1.41 bits per heavy atom. The van der Waals surface area contributed by atoms with Gasteiger partial charge in [-0.1, -0.05) is 31.6 Å². The van der Waals surface area contributed by atoms with Crippen molar-refractivity contribution in [3.8, 4) is 0 Å². The lowest BCUT2D eigenvalue weighted by atomic mass is 9.63. The molecule has 1 aliphatic carbocycles. The third-order valence-corrected chi connectivity index (χ3v) is 5.43. The van der Waals surface area contributed by atoms with Gasteiger partial charge in [-0.05, 0) is 50.9 Å². The summed E-state index contributed by atoms with van der Waals surface area (Å²) in [5.74, 6) is 0.878. The highest BCUT2D eigenvalue weighted by atomic mass is 16.7. The summed E-state index contributed by atoms with van der Waals surface area (Å²) in [4.78, 5) is 0. The average Bonchev–Trinajstić information content (AvgIpc) is 2.48. The van der Waals surface area contributed by atoms with E-state index in [-0.39, 0.29) is 17.9 Å². The molecule has 1 rings (SSSR count). The molecule has 22 heavy (non-hydrogen) atoms. The summed E-state index contributed by atoms with van der Waals surface area (Å²) in [6, 6.07) is 0. The van der Waals surface area contributed by atoms with Gasteiger partial charge in [0, 0.05) is 20.1 Å². The van der Waals surface area contributed by atoms with Crippen LogP contribution in [0, 0.1) is 23.7 Å². The molecule has 3 nitrogen and oxygen atoms in total. The highest BCUT2D eigenvalue weighted by Gasteiger charge is 2.47. The maximum absolute atomic E-state index is 10.3. The summed E-state index contributed by atoms with van der Waals surface area (Å²) < 4.78 is 11.6. The first-order valence-electron chi connectivity index (χ1n) is 8.36. The van der Waals surface area contributed by atoms with E-state index in [0.717, 1.165) is 12.8 Å². The number of ether oxygens (including phenoxy) is 2. The van der Waals surface area contributed by atoms with Crippen molar-refractivity contribution in [2.75, 3.05) is 14.2 Å². The molecular formula is C19H34O3. The molecule has 1 aliphatic rings. The Morgan fingerprint density at radius 2 is 2.00 bits per heavy atom. The first-order valence-corrected chi connectivity index (χ1v) is 8.36. The molecule has 0 aromatic rings. The van der Waals surface area contributed by atoms with Crippen LogP contribution >= 0.6 is 0 Å². The van der Waals surface area contributed by atoms with Crippen LogP contribution in [0.1, 0.15) is 47.0 Å². The molecular weight excluding hydrogens is 276 g/mol. The molecule has 0 radical (unpaired) electrons. The number of rotatable bonds is 8. The van der Waals surface area contributed by atoms with E-state index in [0.29, 0.717) is 18.3 Å². The number of allylic oxidation sites excluding steroid dienone is 2. The van der Waals surface area contributed by atoms with E-state index in [1.807, 2.05) is 6.92 Å². The highest BCUT2D eigenvalue weighted by molar-refractivity contribution is 5.14. The van der Waals surface area contributed by atoms with Crippen molar-refractivity contribution in [2.24, 2.45) is 23.7 Å². The maximum atomic E-state index is 10.3. The molecule has 0 aromatic carbocycles.